The number of thiophene rings is 1. The number of aromatic nitrogens is 2. The molecule has 0 unspecified atom stereocenters. The Bertz CT molecular complexity index is 1030. The highest BCUT2D eigenvalue weighted by atomic mass is 32.1. The van der Waals surface area contributed by atoms with Gasteiger partial charge < -0.3 is 9.64 Å². The van der Waals surface area contributed by atoms with Gasteiger partial charge in [0.25, 0.3) is 5.91 Å². The summed E-state index contributed by atoms with van der Waals surface area (Å²) < 4.78 is 20.2. The maximum Gasteiger partial charge on any atom is 0.348 e. The summed E-state index contributed by atoms with van der Waals surface area (Å²) in [5.74, 6) is -1.10. The fourth-order valence-electron chi connectivity index (χ4n) is 3.35. The highest BCUT2D eigenvalue weighted by Crippen LogP contribution is 2.31. The standard InChI is InChI=1S/C21H24FN3O3S/c1-12(2)24(13(3)4)19(26)11-28-21(27)18-10-17-14(5)23-25(20(17)29-18)16-8-6-15(22)7-9-16/h6-10,12-13H,11H2,1-5H3. The summed E-state index contributed by atoms with van der Waals surface area (Å²) in [7, 11) is 0. The number of halogens is 1. The summed E-state index contributed by atoms with van der Waals surface area (Å²) in [6.07, 6.45) is 0. The SMILES string of the molecule is Cc1nn(-c2ccc(F)cc2)c2sc(C(=O)OCC(=O)N(C(C)C)C(C)C)cc12. The topological polar surface area (TPSA) is 64.4 Å². The summed E-state index contributed by atoms with van der Waals surface area (Å²) >= 11 is 1.23. The zero-order chi connectivity index (χ0) is 21.3. The average molecular weight is 418 g/mol. The van der Waals surface area contributed by atoms with E-state index in [1.807, 2.05) is 34.6 Å². The number of carbonyl (C=O) groups excluding carboxylic acids is 2. The van der Waals surface area contributed by atoms with Crippen LogP contribution in [0.5, 0.6) is 0 Å². The van der Waals surface area contributed by atoms with E-state index in [-0.39, 0.29) is 30.4 Å². The number of carbonyl (C=O) groups is 2. The van der Waals surface area contributed by atoms with Crippen LogP contribution in [0.4, 0.5) is 4.39 Å². The van der Waals surface area contributed by atoms with Crippen LogP contribution < -0.4 is 0 Å². The fourth-order valence-corrected chi connectivity index (χ4v) is 4.43. The van der Waals surface area contributed by atoms with Crippen LogP contribution in [0.3, 0.4) is 0 Å². The Hall–Kier alpha value is -2.74. The van der Waals surface area contributed by atoms with E-state index < -0.39 is 5.97 Å². The van der Waals surface area contributed by atoms with Gasteiger partial charge in [0, 0.05) is 17.5 Å². The van der Waals surface area contributed by atoms with Crippen LogP contribution in [0.1, 0.15) is 43.1 Å². The molecular formula is C21H24FN3O3S. The molecule has 0 aliphatic rings. The summed E-state index contributed by atoms with van der Waals surface area (Å²) in [4.78, 5) is 27.8. The van der Waals surface area contributed by atoms with Gasteiger partial charge in [-0.15, -0.1) is 11.3 Å². The molecule has 0 aliphatic carbocycles. The molecule has 0 saturated heterocycles. The van der Waals surface area contributed by atoms with Crippen LogP contribution in [0.25, 0.3) is 15.9 Å². The normalized spacial score (nSPS) is 11.4. The van der Waals surface area contributed by atoms with Crippen LogP contribution in [0.2, 0.25) is 0 Å². The molecule has 0 spiro atoms. The molecule has 0 atom stereocenters. The van der Waals surface area contributed by atoms with Gasteiger partial charge in [0.1, 0.15) is 15.5 Å². The number of aryl methyl sites for hydroxylation is 1. The zero-order valence-corrected chi connectivity index (χ0v) is 17.9. The van der Waals surface area contributed by atoms with Crippen molar-refractivity contribution in [1.29, 1.82) is 0 Å². The Morgan fingerprint density at radius 3 is 2.38 bits per heavy atom. The van der Waals surface area contributed by atoms with E-state index in [0.29, 0.717) is 10.6 Å². The van der Waals surface area contributed by atoms with Gasteiger partial charge in [-0.2, -0.15) is 5.10 Å². The van der Waals surface area contributed by atoms with Gasteiger partial charge in [-0.3, -0.25) is 4.79 Å². The molecule has 0 fully saturated rings. The van der Waals surface area contributed by atoms with Crippen LogP contribution >= 0.6 is 11.3 Å². The largest absolute Gasteiger partial charge is 0.451 e. The third-order valence-corrected chi connectivity index (χ3v) is 5.64. The van der Waals surface area contributed by atoms with Crippen LogP contribution in [-0.4, -0.2) is 45.2 Å². The van der Waals surface area contributed by atoms with Crippen LogP contribution in [-0.2, 0) is 9.53 Å². The smallest absolute Gasteiger partial charge is 0.348 e. The molecule has 1 amide bonds. The quantitative estimate of drug-likeness (QED) is 0.560. The van der Waals surface area contributed by atoms with Gasteiger partial charge in [-0.25, -0.2) is 13.9 Å². The first-order valence-electron chi connectivity index (χ1n) is 9.42. The number of amides is 1. The fraction of sp³-hybridized carbons (Fsp3) is 0.381. The predicted molar refractivity (Wildman–Crippen MR) is 111 cm³/mol. The molecule has 3 aromatic rings. The molecule has 0 radical (unpaired) electrons. The van der Waals surface area contributed by atoms with Crippen molar-refractivity contribution in [2.75, 3.05) is 6.61 Å². The Labute approximate surface area is 172 Å². The Kier molecular flexibility index (Phi) is 6.02. The summed E-state index contributed by atoms with van der Waals surface area (Å²) in [5.41, 5.74) is 1.45. The second-order valence-electron chi connectivity index (χ2n) is 7.37. The Morgan fingerprint density at radius 2 is 1.79 bits per heavy atom. The predicted octanol–water partition coefficient (Wildman–Crippen LogP) is 4.34. The molecule has 154 valence electrons. The zero-order valence-electron chi connectivity index (χ0n) is 17.1. The number of hydrogen-bond acceptors (Lipinski definition) is 5. The summed E-state index contributed by atoms with van der Waals surface area (Å²) in [5, 5.41) is 5.30. The van der Waals surface area contributed by atoms with E-state index in [4.69, 9.17) is 4.74 Å². The van der Waals surface area contributed by atoms with Gasteiger partial charge in [0.15, 0.2) is 6.61 Å². The van der Waals surface area contributed by atoms with Crippen molar-refractivity contribution in [1.82, 2.24) is 14.7 Å². The minimum absolute atomic E-state index is 0.0230. The molecule has 6 nitrogen and oxygen atoms in total. The molecule has 29 heavy (non-hydrogen) atoms. The first-order chi connectivity index (χ1) is 13.7. The van der Waals surface area contributed by atoms with E-state index in [1.165, 1.54) is 23.5 Å². The minimum atomic E-state index is -0.544. The lowest BCUT2D eigenvalue weighted by Gasteiger charge is -2.30. The monoisotopic (exact) mass is 417 g/mol. The lowest BCUT2D eigenvalue weighted by molar-refractivity contribution is -0.138. The number of nitrogens with zero attached hydrogens (tertiary/aromatic N) is 3. The second kappa shape index (κ2) is 8.32. The van der Waals surface area contributed by atoms with Gasteiger partial charge in [-0.1, -0.05) is 0 Å². The van der Waals surface area contributed by atoms with Crippen LogP contribution in [0.15, 0.2) is 30.3 Å². The third kappa shape index (κ3) is 4.32. The lowest BCUT2D eigenvalue weighted by Crippen LogP contribution is -2.44. The number of ether oxygens (including phenoxy) is 1. The first-order valence-corrected chi connectivity index (χ1v) is 10.2. The molecule has 1 aromatic carbocycles. The molecule has 8 heteroatoms. The lowest BCUT2D eigenvalue weighted by atomic mass is 10.2. The van der Waals surface area contributed by atoms with E-state index in [9.17, 15) is 14.0 Å². The highest BCUT2D eigenvalue weighted by Gasteiger charge is 2.23. The maximum atomic E-state index is 13.2. The van der Waals surface area contributed by atoms with Crippen molar-refractivity contribution in [2.45, 2.75) is 46.7 Å². The summed E-state index contributed by atoms with van der Waals surface area (Å²) in [6, 6.07) is 7.75. The van der Waals surface area contributed by atoms with Gasteiger partial charge in [0.2, 0.25) is 0 Å². The molecule has 3 rings (SSSR count). The maximum absolute atomic E-state index is 13.2. The van der Waals surface area contributed by atoms with Gasteiger partial charge in [0.05, 0.1) is 11.4 Å². The molecular weight excluding hydrogens is 393 g/mol. The number of fused-ring (bicyclic) bond motifs is 1. The van der Waals surface area contributed by atoms with Crippen molar-refractivity contribution in [3.63, 3.8) is 0 Å². The third-order valence-electron chi connectivity index (χ3n) is 4.54. The molecule has 0 bridgehead atoms. The van der Waals surface area contributed by atoms with Crippen molar-refractivity contribution >= 4 is 33.4 Å². The van der Waals surface area contributed by atoms with E-state index in [2.05, 4.69) is 5.10 Å². The van der Waals surface area contributed by atoms with Crippen molar-refractivity contribution in [3.8, 4) is 5.69 Å². The first kappa shape index (κ1) is 21.0. The van der Waals surface area contributed by atoms with Crippen LogP contribution in [0, 0.1) is 12.7 Å². The van der Waals surface area contributed by atoms with E-state index >= 15 is 0 Å². The molecule has 2 aromatic heterocycles. The highest BCUT2D eigenvalue weighted by molar-refractivity contribution is 7.20. The molecule has 2 heterocycles. The molecule has 0 aliphatic heterocycles. The number of esters is 1. The van der Waals surface area contributed by atoms with Gasteiger partial charge in [-0.05, 0) is 65.0 Å². The second-order valence-corrected chi connectivity index (χ2v) is 8.40. The molecule has 0 saturated carbocycles. The van der Waals surface area contributed by atoms with Crippen molar-refractivity contribution in [2.24, 2.45) is 0 Å². The minimum Gasteiger partial charge on any atom is -0.451 e. The average Bonchev–Trinajstić information content (AvgIpc) is 3.21. The number of rotatable bonds is 6. The molecule has 0 N–H and O–H groups in total. The van der Waals surface area contributed by atoms with Gasteiger partial charge >= 0.3 is 5.97 Å². The number of benzene rings is 1. The summed E-state index contributed by atoms with van der Waals surface area (Å²) in [6.45, 7) is 9.25. The van der Waals surface area contributed by atoms with E-state index in [1.54, 1.807) is 27.8 Å². The Balaban J connectivity index is 1.80. The van der Waals surface area contributed by atoms with Crippen molar-refractivity contribution in [3.05, 3.63) is 46.7 Å². The number of hydrogen-bond donors (Lipinski definition) is 0. The Morgan fingerprint density at radius 1 is 1.17 bits per heavy atom. The van der Waals surface area contributed by atoms with E-state index in [0.717, 1.165) is 15.9 Å². The van der Waals surface area contributed by atoms with Crippen molar-refractivity contribution < 1.29 is 18.7 Å².